The van der Waals surface area contributed by atoms with Crippen molar-refractivity contribution in [3.05, 3.63) is 41.0 Å². The van der Waals surface area contributed by atoms with Crippen molar-refractivity contribution in [1.29, 1.82) is 0 Å². The van der Waals surface area contributed by atoms with E-state index in [1.807, 2.05) is 6.07 Å². The van der Waals surface area contributed by atoms with Crippen LogP contribution in [0, 0.1) is 0 Å². The number of rotatable bonds is 2. The normalized spacial score (nSPS) is 12.9. The maximum absolute atomic E-state index is 5.86. The molecule has 0 fully saturated rings. The Balaban J connectivity index is 1.90. The minimum absolute atomic E-state index is 0.425. The van der Waals surface area contributed by atoms with E-state index in [0.29, 0.717) is 16.7 Å². The molecule has 0 saturated heterocycles. The topological polar surface area (TPSA) is 63.0 Å². The fourth-order valence-electron chi connectivity index (χ4n) is 2.07. The van der Waals surface area contributed by atoms with E-state index in [-0.39, 0.29) is 0 Å². The summed E-state index contributed by atoms with van der Waals surface area (Å²) in [6.45, 7) is 0.996. The average Bonchev–Trinajstić information content (AvgIpc) is 2.81. The third kappa shape index (κ3) is 2.07. The first-order valence-corrected chi connectivity index (χ1v) is 6.16. The van der Waals surface area contributed by atoms with Crippen molar-refractivity contribution < 1.29 is 0 Å². The first kappa shape index (κ1) is 11.2. The monoisotopic (exact) mass is 260 g/mol. The van der Waals surface area contributed by atoms with Crippen molar-refractivity contribution in [3.63, 3.8) is 0 Å². The van der Waals surface area contributed by atoms with E-state index in [1.165, 1.54) is 11.3 Å². The van der Waals surface area contributed by atoms with E-state index >= 15 is 0 Å². The molecule has 2 aromatic rings. The number of fused-ring (bicyclic) bond motifs is 1. The number of nitrogens with two attached hydrogens (primary N) is 1. The van der Waals surface area contributed by atoms with Crippen LogP contribution in [0.1, 0.15) is 5.56 Å². The highest BCUT2D eigenvalue weighted by atomic mass is 35.5. The van der Waals surface area contributed by atoms with Gasteiger partial charge in [-0.3, -0.25) is 0 Å². The molecule has 0 spiro atoms. The Morgan fingerprint density at radius 1 is 1.28 bits per heavy atom. The Labute approximate surface area is 110 Å². The summed E-state index contributed by atoms with van der Waals surface area (Å²) in [6.07, 6.45) is 1.04. The zero-order valence-corrected chi connectivity index (χ0v) is 10.5. The largest absolute Gasteiger partial charge is 0.396 e. The highest BCUT2D eigenvalue weighted by Crippen LogP contribution is 2.28. The van der Waals surface area contributed by atoms with Crippen LogP contribution >= 0.6 is 11.6 Å². The predicted molar refractivity (Wildman–Crippen MR) is 75.6 cm³/mol. The van der Waals surface area contributed by atoms with Crippen LogP contribution < -0.4 is 16.4 Å². The van der Waals surface area contributed by atoms with Crippen LogP contribution in [-0.4, -0.2) is 11.5 Å². The van der Waals surface area contributed by atoms with Crippen molar-refractivity contribution in [1.82, 2.24) is 4.98 Å². The molecular formula is C13H13ClN4. The van der Waals surface area contributed by atoms with Crippen LogP contribution in [0.5, 0.6) is 0 Å². The van der Waals surface area contributed by atoms with Gasteiger partial charge in [-0.15, -0.1) is 0 Å². The van der Waals surface area contributed by atoms with Crippen LogP contribution in [0.3, 0.4) is 0 Å². The zero-order chi connectivity index (χ0) is 12.5. The lowest BCUT2D eigenvalue weighted by atomic mass is 10.1. The molecule has 0 amide bonds. The molecule has 0 aliphatic carbocycles. The van der Waals surface area contributed by atoms with Gasteiger partial charge < -0.3 is 16.4 Å². The Morgan fingerprint density at radius 2 is 2.17 bits per heavy atom. The standard InChI is InChI=1S/C13H13ClN4/c14-12-4-2-10(15)13(18-12)17-9-1-3-11-8(7-9)5-6-16-11/h1-4,7,16H,5-6,15H2,(H,17,18). The van der Waals surface area contributed by atoms with Crippen LogP contribution in [-0.2, 0) is 6.42 Å². The van der Waals surface area contributed by atoms with Gasteiger partial charge in [0.2, 0.25) is 0 Å². The molecular weight excluding hydrogens is 248 g/mol. The Bertz CT molecular complexity index is 598. The van der Waals surface area contributed by atoms with Crippen LogP contribution in [0.25, 0.3) is 0 Å². The third-order valence-corrected chi connectivity index (χ3v) is 3.18. The summed E-state index contributed by atoms with van der Waals surface area (Å²) in [4.78, 5) is 4.18. The molecule has 1 aliphatic rings. The molecule has 0 bridgehead atoms. The molecule has 3 rings (SSSR count). The lowest BCUT2D eigenvalue weighted by Crippen LogP contribution is -1.99. The Morgan fingerprint density at radius 3 is 3.06 bits per heavy atom. The van der Waals surface area contributed by atoms with E-state index < -0.39 is 0 Å². The van der Waals surface area contributed by atoms with Crippen molar-refractivity contribution >= 4 is 34.5 Å². The van der Waals surface area contributed by atoms with Crippen molar-refractivity contribution in [2.24, 2.45) is 0 Å². The SMILES string of the molecule is Nc1ccc(Cl)nc1Nc1ccc2c(c1)CCN2. The van der Waals surface area contributed by atoms with E-state index in [0.717, 1.165) is 18.7 Å². The van der Waals surface area contributed by atoms with Crippen molar-refractivity contribution in [2.45, 2.75) is 6.42 Å². The molecule has 4 N–H and O–H groups in total. The molecule has 1 aromatic carbocycles. The molecule has 0 saturated carbocycles. The number of benzene rings is 1. The van der Waals surface area contributed by atoms with E-state index in [1.54, 1.807) is 12.1 Å². The van der Waals surface area contributed by atoms with Crippen molar-refractivity contribution in [3.8, 4) is 0 Å². The van der Waals surface area contributed by atoms with Gasteiger partial charge in [0.25, 0.3) is 0 Å². The highest BCUT2D eigenvalue weighted by Gasteiger charge is 2.10. The summed E-state index contributed by atoms with van der Waals surface area (Å²) in [5.74, 6) is 0.591. The molecule has 5 heteroatoms. The molecule has 2 heterocycles. The third-order valence-electron chi connectivity index (χ3n) is 2.97. The maximum Gasteiger partial charge on any atom is 0.155 e. The average molecular weight is 261 g/mol. The Kier molecular flexibility index (Phi) is 2.72. The molecule has 0 radical (unpaired) electrons. The summed E-state index contributed by atoms with van der Waals surface area (Å²) in [5, 5.41) is 6.94. The smallest absolute Gasteiger partial charge is 0.155 e. The van der Waals surface area contributed by atoms with Gasteiger partial charge in [-0.2, -0.15) is 0 Å². The zero-order valence-electron chi connectivity index (χ0n) is 9.70. The van der Waals surface area contributed by atoms with Gasteiger partial charge in [-0.1, -0.05) is 11.6 Å². The fourth-order valence-corrected chi connectivity index (χ4v) is 2.21. The summed E-state index contributed by atoms with van der Waals surface area (Å²) in [5.41, 5.74) is 9.91. The number of pyridine rings is 1. The first-order valence-electron chi connectivity index (χ1n) is 5.78. The maximum atomic E-state index is 5.86. The number of nitrogens with one attached hydrogen (secondary N) is 2. The minimum atomic E-state index is 0.425. The number of nitrogen functional groups attached to an aromatic ring is 1. The Hall–Kier alpha value is -1.94. The molecule has 0 atom stereocenters. The van der Waals surface area contributed by atoms with E-state index in [4.69, 9.17) is 17.3 Å². The van der Waals surface area contributed by atoms with Crippen molar-refractivity contribution in [2.75, 3.05) is 22.9 Å². The van der Waals surface area contributed by atoms with Gasteiger partial charge in [0.15, 0.2) is 5.82 Å². The second-order valence-electron chi connectivity index (χ2n) is 4.25. The quantitative estimate of drug-likeness (QED) is 0.727. The lowest BCUT2D eigenvalue weighted by Gasteiger charge is -2.10. The van der Waals surface area contributed by atoms with E-state index in [2.05, 4.69) is 27.8 Å². The highest BCUT2D eigenvalue weighted by molar-refractivity contribution is 6.29. The number of hydrogen-bond acceptors (Lipinski definition) is 4. The second kappa shape index (κ2) is 4.38. The molecule has 1 aliphatic heterocycles. The number of aromatic nitrogens is 1. The van der Waals surface area contributed by atoms with Gasteiger partial charge in [-0.05, 0) is 42.3 Å². The summed E-state index contributed by atoms with van der Waals surface area (Å²) in [7, 11) is 0. The van der Waals surface area contributed by atoms with Crippen LogP contribution in [0.15, 0.2) is 30.3 Å². The number of hydrogen-bond donors (Lipinski definition) is 3. The van der Waals surface area contributed by atoms with Gasteiger partial charge in [0, 0.05) is 17.9 Å². The predicted octanol–water partition coefficient (Wildman–Crippen LogP) is 3.03. The molecule has 4 nitrogen and oxygen atoms in total. The minimum Gasteiger partial charge on any atom is -0.396 e. The number of halogens is 1. The summed E-state index contributed by atoms with van der Waals surface area (Å²) < 4.78 is 0. The van der Waals surface area contributed by atoms with Gasteiger partial charge in [-0.25, -0.2) is 4.98 Å². The number of anilines is 4. The fraction of sp³-hybridized carbons (Fsp3) is 0.154. The number of nitrogens with zero attached hydrogens (tertiary/aromatic N) is 1. The molecule has 92 valence electrons. The van der Waals surface area contributed by atoms with Crippen LogP contribution in [0.4, 0.5) is 22.9 Å². The summed E-state index contributed by atoms with van der Waals surface area (Å²) >= 11 is 5.86. The lowest BCUT2D eigenvalue weighted by molar-refractivity contribution is 1.11. The van der Waals surface area contributed by atoms with Gasteiger partial charge in [0.1, 0.15) is 5.15 Å². The van der Waals surface area contributed by atoms with Gasteiger partial charge >= 0.3 is 0 Å². The molecule has 18 heavy (non-hydrogen) atoms. The van der Waals surface area contributed by atoms with Gasteiger partial charge in [0.05, 0.1) is 5.69 Å². The first-order chi connectivity index (χ1) is 8.72. The van der Waals surface area contributed by atoms with E-state index in [9.17, 15) is 0 Å². The molecule has 0 unspecified atom stereocenters. The summed E-state index contributed by atoms with van der Waals surface area (Å²) in [6, 6.07) is 9.59. The van der Waals surface area contributed by atoms with Crippen LogP contribution in [0.2, 0.25) is 5.15 Å². The second-order valence-corrected chi connectivity index (χ2v) is 4.63. The molecule has 1 aromatic heterocycles.